The zero-order chi connectivity index (χ0) is 24.4. The summed E-state index contributed by atoms with van der Waals surface area (Å²) in [7, 11) is 0. The number of benzene rings is 3. The van der Waals surface area contributed by atoms with Crippen LogP contribution in [0.4, 0.5) is 17.1 Å². The minimum atomic E-state index is -0.746. The van der Waals surface area contributed by atoms with Gasteiger partial charge >= 0.3 is 5.97 Å². The summed E-state index contributed by atoms with van der Waals surface area (Å²) >= 11 is 0. The SMILES string of the molecule is CCC(CC(=O)O)c1ccc(N2C[C@@H]3C[C@H]2CN3Cc2ccccc2)c(Nc2ccccc2C)c1. The highest BCUT2D eigenvalue weighted by Crippen LogP contribution is 2.41. The zero-order valence-corrected chi connectivity index (χ0v) is 20.7. The Kier molecular flexibility index (Phi) is 6.78. The first-order valence-corrected chi connectivity index (χ1v) is 12.7. The molecule has 0 aromatic heterocycles. The number of likely N-dealkylation sites (tertiary alicyclic amines) is 1. The van der Waals surface area contributed by atoms with Crippen LogP contribution in [0, 0.1) is 6.92 Å². The molecular formula is C30H35N3O2. The van der Waals surface area contributed by atoms with Crippen LogP contribution >= 0.6 is 0 Å². The van der Waals surface area contributed by atoms with E-state index in [0.717, 1.165) is 43.0 Å². The van der Waals surface area contributed by atoms with E-state index in [1.165, 1.54) is 23.2 Å². The molecule has 0 spiro atoms. The van der Waals surface area contributed by atoms with E-state index >= 15 is 0 Å². The summed E-state index contributed by atoms with van der Waals surface area (Å²) in [5, 5.41) is 13.1. The number of carboxylic acid groups (broad SMARTS) is 1. The van der Waals surface area contributed by atoms with Crippen LogP contribution in [0.3, 0.4) is 0 Å². The Morgan fingerprint density at radius 1 is 1.00 bits per heavy atom. The van der Waals surface area contributed by atoms with Crippen molar-refractivity contribution in [2.24, 2.45) is 0 Å². The number of carboxylic acids is 1. The molecule has 5 nitrogen and oxygen atoms in total. The van der Waals surface area contributed by atoms with Crippen LogP contribution in [0.15, 0.2) is 72.8 Å². The van der Waals surface area contributed by atoms with Gasteiger partial charge < -0.3 is 15.3 Å². The third-order valence-electron chi connectivity index (χ3n) is 7.71. The van der Waals surface area contributed by atoms with Crippen molar-refractivity contribution in [3.8, 4) is 0 Å². The van der Waals surface area contributed by atoms with Gasteiger partial charge in [-0.15, -0.1) is 0 Å². The number of carbonyl (C=O) groups is 1. The van der Waals surface area contributed by atoms with Crippen molar-refractivity contribution in [3.63, 3.8) is 0 Å². The molecule has 0 radical (unpaired) electrons. The van der Waals surface area contributed by atoms with Crippen LogP contribution in [0.1, 0.15) is 48.8 Å². The predicted octanol–water partition coefficient (Wildman–Crippen LogP) is 6.17. The second-order valence-corrected chi connectivity index (χ2v) is 10.0. The molecular weight excluding hydrogens is 434 g/mol. The molecule has 1 unspecified atom stereocenters. The summed E-state index contributed by atoms with van der Waals surface area (Å²) in [6, 6.07) is 26.7. The number of nitrogens with zero attached hydrogens (tertiary/aromatic N) is 2. The minimum absolute atomic E-state index is 0.00960. The van der Waals surface area contributed by atoms with Gasteiger partial charge in [0.15, 0.2) is 0 Å². The third-order valence-corrected chi connectivity index (χ3v) is 7.71. The van der Waals surface area contributed by atoms with Crippen molar-refractivity contribution in [1.82, 2.24) is 4.90 Å². The van der Waals surface area contributed by atoms with Gasteiger partial charge in [-0.2, -0.15) is 0 Å². The normalized spacial score (nSPS) is 20.2. The number of fused-ring (bicyclic) bond motifs is 2. The number of rotatable bonds is 9. The van der Waals surface area contributed by atoms with Gasteiger partial charge in [0.05, 0.1) is 17.8 Å². The van der Waals surface area contributed by atoms with Gasteiger partial charge in [0.25, 0.3) is 0 Å². The average molecular weight is 470 g/mol. The van der Waals surface area contributed by atoms with Crippen molar-refractivity contribution in [2.45, 2.75) is 57.7 Å². The second kappa shape index (κ2) is 10.1. The second-order valence-electron chi connectivity index (χ2n) is 10.0. The Labute approximate surface area is 208 Å². The van der Waals surface area contributed by atoms with Gasteiger partial charge in [-0.1, -0.05) is 61.5 Å². The quantitative estimate of drug-likeness (QED) is 0.392. The lowest BCUT2D eigenvalue weighted by Crippen LogP contribution is -2.46. The minimum Gasteiger partial charge on any atom is -0.481 e. The summed E-state index contributed by atoms with van der Waals surface area (Å²) in [6.07, 6.45) is 2.15. The van der Waals surface area contributed by atoms with E-state index in [9.17, 15) is 9.90 Å². The lowest BCUT2D eigenvalue weighted by molar-refractivity contribution is -0.137. The summed E-state index contributed by atoms with van der Waals surface area (Å²) in [4.78, 5) is 16.6. The van der Waals surface area contributed by atoms with Gasteiger partial charge in [0, 0.05) is 37.4 Å². The first kappa shape index (κ1) is 23.4. The zero-order valence-electron chi connectivity index (χ0n) is 20.7. The Bertz CT molecular complexity index is 1180. The number of aliphatic carboxylic acids is 1. The summed E-state index contributed by atoms with van der Waals surface area (Å²) in [5.41, 5.74) is 7.04. The van der Waals surface area contributed by atoms with E-state index < -0.39 is 5.97 Å². The Morgan fingerprint density at radius 3 is 2.46 bits per heavy atom. The summed E-state index contributed by atoms with van der Waals surface area (Å²) < 4.78 is 0. The van der Waals surface area contributed by atoms with Gasteiger partial charge in [-0.25, -0.2) is 0 Å². The largest absolute Gasteiger partial charge is 0.481 e. The molecule has 3 atom stereocenters. The predicted molar refractivity (Wildman–Crippen MR) is 143 cm³/mol. The van der Waals surface area contributed by atoms with Crippen LogP contribution in [0.2, 0.25) is 0 Å². The van der Waals surface area contributed by atoms with Crippen LogP contribution in [-0.4, -0.2) is 41.1 Å². The molecule has 182 valence electrons. The van der Waals surface area contributed by atoms with Gasteiger partial charge in [0.2, 0.25) is 0 Å². The van der Waals surface area contributed by atoms with Crippen molar-refractivity contribution in [3.05, 3.63) is 89.5 Å². The molecule has 2 aliphatic heterocycles. The van der Waals surface area contributed by atoms with Crippen LogP contribution in [0.5, 0.6) is 0 Å². The monoisotopic (exact) mass is 469 g/mol. The molecule has 0 amide bonds. The number of para-hydroxylation sites is 1. The molecule has 0 saturated carbocycles. The first-order chi connectivity index (χ1) is 17.0. The third kappa shape index (κ3) is 5.06. The molecule has 0 aliphatic carbocycles. The molecule has 5 heteroatoms. The van der Waals surface area contributed by atoms with Crippen LogP contribution < -0.4 is 10.2 Å². The summed E-state index contributed by atoms with van der Waals surface area (Å²) in [5.74, 6) is -0.736. The molecule has 2 fully saturated rings. The highest BCUT2D eigenvalue weighted by Gasteiger charge is 2.43. The number of nitrogens with one attached hydrogen (secondary N) is 1. The molecule has 35 heavy (non-hydrogen) atoms. The lowest BCUT2D eigenvalue weighted by Gasteiger charge is -2.37. The Hall–Kier alpha value is -3.31. The molecule has 2 heterocycles. The Balaban J connectivity index is 1.41. The maximum atomic E-state index is 11.5. The van der Waals surface area contributed by atoms with E-state index in [-0.39, 0.29) is 12.3 Å². The highest BCUT2D eigenvalue weighted by molar-refractivity contribution is 5.78. The van der Waals surface area contributed by atoms with Crippen LogP contribution in [0.25, 0.3) is 0 Å². The lowest BCUT2D eigenvalue weighted by atomic mass is 9.92. The fraction of sp³-hybridized carbons (Fsp3) is 0.367. The number of aryl methyl sites for hydroxylation is 1. The first-order valence-electron chi connectivity index (χ1n) is 12.7. The molecule has 5 rings (SSSR count). The van der Waals surface area contributed by atoms with Crippen molar-refractivity contribution in [1.29, 1.82) is 0 Å². The van der Waals surface area contributed by atoms with Gasteiger partial charge in [-0.05, 0) is 60.6 Å². The standard InChI is InChI=1S/C30H35N3O2/c1-3-23(16-30(34)35)24-13-14-29(28(15-24)31-27-12-8-7-9-21(27)2)33-20-25-17-26(33)19-32(25)18-22-10-5-4-6-11-22/h4-15,23,25-26,31H,3,16-20H2,1-2H3,(H,34,35)/t23?,25-,26-/m0/s1. The van der Waals surface area contributed by atoms with Gasteiger partial charge in [-0.3, -0.25) is 9.69 Å². The van der Waals surface area contributed by atoms with E-state index in [1.807, 2.05) is 0 Å². The maximum absolute atomic E-state index is 11.5. The van der Waals surface area contributed by atoms with Crippen molar-refractivity contribution < 1.29 is 9.90 Å². The van der Waals surface area contributed by atoms with E-state index in [0.29, 0.717) is 12.1 Å². The van der Waals surface area contributed by atoms with E-state index in [1.54, 1.807) is 0 Å². The molecule has 3 aromatic rings. The topological polar surface area (TPSA) is 55.8 Å². The average Bonchev–Trinajstić information content (AvgIpc) is 3.45. The molecule has 2 bridgehead atoms. The smallest absolute Gasteiger partial charge is 0.303 e. The van der Waals surface area contributed by atoms with E-state index in [4.69, 9.17) is 0 Å². The van der Waals surface area contributed by atoms with Gasteiger partial charge in [0.1, 0.15) is 0 Å². The molecule has 2 N–H and O–H groups in total. The van der Waals surface area contributed by atoms with Crippen molar-refractivity contribution in [2.75, 3.05) is 23.3 Å². The van der Waals surface area contributed by atoms with Crippen molar-refractivity contribution >= 4 is 23.0 Å². The number of piperazine rings is 1. The molecule has 3 aromatic carbocycles. The Morgan fingerprint density at radius 2 is 1.77 bits per heavy atom. The number of hydrogen-bond acceptors (Lipinski definition) is 4. The highest BCUT2D eigenvalue weighted by atomic mass is 16.4. The fourth-order valence-electron chi connectivity index (χ4n) is 5.78. The van der Waals surface area contributed by atoms with Crippen LogP contribution in [-0.2, 0) is 11.3 Å². The van der Waals surface area contributed by atoms with E-state index in [2.05, 4.69) is 102 Å². The fourth-order valence-corrected chi connectivity index (χ4v) is 5.78. The maximum Gasteiger partial charge on any atom is 0.303 e. The number of anilines is 3. The number of hydrogen-bond donors (Lipinski definition) is 2. The summed E-state index contributed by atoms with van der Waals surface area (Å²) in [6.45, 7) is 7.28. The molecule has 2 saturated heterocycles. The molecule has 2 aliphatic rings.